The molecule has 3 N–H and O–H groups in total. The first-order valence-electron chi connectivity index (χ1n) is 6.78. The molecule has 116 valence electrons. The molecule has 1 aromatic carbocycles. The van der Waals surface area contributed by atoms with Gasteiger partial charge in [-0.25, -0.2) is 13.6 Å². The fourth-order valence-electron chi connectivity index (χ4n) is 2.57. The van der Waals surface area contributed by atoms with Crippen molar-refractivity contribution in [2.45, 2.75) is 43.2 Å². The van der Waals surface area contributed by atoms with Crippen LogP contribution in [0.3, 0.4) is 0 Å². The molecule has 0 radical (unpaired) electrons. The number of rotatable bonds is 4. The number of benzene rings is 1. The van der Waals surface area contributed by atoms with E-state index in [4.69, 9.17) is 9.88 Å². The predicted molar refractivity (Wildman–Crippen MR) is 78.5 cm³/mol. The summed E-state index contributed by atoms with van der Waals surface area (Å²) in [5, 5.41) is 8.02. The summed E-state index contributed by atoms with van der Waals surface area (Å²) in [6.45, 7) is 1.76. The van der Waals surface area contributed by atoms with E-state index in [0.29, 0.717) is 11.1 Å². The van der Waals surface area contributed by atoms with Crippen LogP contribution in [-0.2, 0) is 14.8 Å². The third-order valence-electron chi connectivity index (χ3n) is 3.84. The monoisotopic (exact) mass is 312 g/mol. The van der Waals surface area contributed by atoms with Gasteiger partial charge in [-0.2, -0.15) is 0 Å². The highest BCUT2D eigenvalue weighted by Crippen LogP contribution is 2.22. The standard InChI is InChI=1S/C14H20N2O4S/c1-9-3-6-12(21(15,18)19)8-13(9)14(17)16-10-4-5-11(7-10)20-2/h3,6,8,10-11H,4-5,7H2,1-2H3,(H,16,17)(H2,15,18,19). The smallest absolute Gasteiger partial charge is 0.251 e. The van der Waals surface area contributed by atoms with Crippen molar-refractivity contribution in [3.8, 4) is 0 Å². The van der Waals surface area contributed by atoms with Crippen molar-refractivity contribution < 1.29 is 17.9 Å². The van der Waals surface area contributed by atoms with E-state index in [9.17, 15) is 13.2 Å². The highest BCUT2D eigenvalue weighted by molar-refractivity contribution is 7.89. The molecule has 0 aromatic heterocycles. The van der Waals surface area contributed by atoms with Crippen LogP contribution in [0.25, 0.3) is 0 Å². The molecule has 1 aliphatic carbocycles. The van der Waals surface area contributed by atoms with Crippen molar-refractivity contribution in [1.82, 2.24) is 5.32 Å². The summed E-state index contributed by atoms with van der Waals surface area (Å²) in [6, 6.07) is 4.36. The zero-order valence-corrected chi connectivity index (χ0v) is 12.9. The minimum Gasteiger partial charge on any atom is -0.381 e. The number of amides is 1. The summed E-state index contributed by atoms with van der Waals surface area (Å²) in [5.74, 6) is -0.278. The third kappa shape index (κ3) is 3.81. The van der Waals surface area contributed by atoms with Crippen molar-refractivity contribution in [3.63, 3.8) is 0 Å². The molecule has 1 aromatic rings. The van der Waals surface area contributed by atoms with Crippen LogP contribution in [0.15, 0.2) is 23.1 Å². The number of primary sulfonamides is 1. The van der Waals surface area contributed by atoms with Gasteiger partial charge in [0.2, 0.25) is 10.0 Å². The Labute approximate surface area is 124 Å². The molecular weight excluding hydrogens is 292 g/mol. The third-order valence-corrected chi connectivity index (χ3v) is 4.75. The summed E-state index contributed by atoms with van der Waals surface area (Å²) in [6.07, 6.45) is 2.72. The summed E-state index contributed by atoms with van der Waals surface area (Å²) < 4.78 is 28.0. The molecule has 1 amide bonds. The molecule has 0 saturated heterocycles. The lowest BCUT2D eigenvalue weighted by atomic mass is 10.1. The van der Waals surface area contributed by atoms with Crippen molar-refractivity contribution in [3.05, 3.63) is 29.3 Å². The Balaban J connectivity index is 2.16. The summed E-state index contributed by atoms with van der Waals surface area (Å²) in [4.78, 5) is 12.3. The van der Waals surface area contributed by atoms with Crippen LogP contribution in [0.4, 0.5) is 0 Å². The van der Waals surface area contributed by atoms with E-state index in [1.807, 2.05) is 0 Å². The number of carbonyl (C=O) groups is 1. The lowest BCUT2D eigenvalue weighted by Gasteiger charge is -2.14. The molecule has 1 fully saturated rings. The largest absolute Gasteiger partial charge is 0.381 e. The molecule has 6 nitrogen and oxygen atoms in total. The van der Waals surface area contributed by atoms with Gasteiger partial charge in [-0.1, -0.05) is 6.07 Å². The van der Waals surface area contributed by atoms with Crippen LogP contribution in [0.1, 0.15) is 35.2 Å². The van der Waals surface area contributed by atoms with Gasteiger partial charge >= 0.3 is 0 Å². The van der Waals surface area contributed by atoms with E-state index >= 15 is 0 Å². The molecule has 0 bridgehead atoms. The fourth-order valence-corrected chi connectivity index (χ4v) is 3.11. The number of nitrogens with one attached hydrogen (secondary N) is 1. The summed E-state index contributed by atoms with van der Waals surface area (Å²) in [7, 11) is -2.15. The molecule has 0 aliphatic heterocycles. The maximum atomic E-state index is 12.3. The summed E-state index contributed by atoms with van der Waals surface area (Å²) >= 11 is 0. The van der Waals surface area contributed by atoms with E-state index in [1.165, 1.54) is 12.1 Å². The minimum absolute atomic E-state index is 0.0555. The molecule has 0 heterocycles. The van der Waals surface area contributed by atoms with Crippen LogP contribution >= 0.6 is 0 Å². The van der Waals surface area contributed by atoms with Gasteiger partial charge in [-0.3, -0.25) is 4.79 Å². The number of hydrogen-bond acceptors (Lipinski definition) is 4. The van der Waals surface area contributed by atoms with Crippen LogP contribution in [0.2, 0.25) is 0 Å². The number of sulfonamides is 1. The minimum atomic E-state index is -3.82. The van der Waals surface area contributed by atoms with E-state index in [1.54, 1.807) is 20.1 Å². The molecule has 2 rings (SSSR count). The number of carbonyl (C=O) groups excluding carboxylic acids is 1. The van der Waals surface area contributed by atoms with E-state index < -0.39 is 10.0 Å². The van der Waals surface area contributed by atoms with Crippen LogP contribution in [-0.4, -0.2) is 33.6 Å². The van der Waals surface area contributed by atoms with E-state index in [2.05, 4.69) is 5.32 Å². The predicted octanol–water partition coefficient (Wildman–Crippen LogP) is 0.940. The Morgan fingerprint density at radius 1 is 1.38 bits per heavy atom. The fraction of sp³-hybridized carbons (Fsp3) is 0.500. The number of aryl methyl sites for hydroxylation is 1. The zero-order valence-electron chi connectivity index (χ0n) is 12.1. The number of methoxy groups -OCH3 is 1. The molecule has 2 atom stereocenters. The second kappa shape index (κ2) is 6.13. The van der Waals surface area contributed by atoms with Gasteiger partial charge in [0.15, 0.2) is 0 Å². The highest BCUT2D eigenvalue weighted by Gasteiger charge is 2.26. The Bertz CT molecular complexity index is 642. The Morgan fingerprint density at radius 3 is 2.67 bits per heavy atom. The van der Waals surface area contributed by atoms with Crippen molar-refractivity contribution >= 4 is 15.9 Å². The Kier molecular flexibility index (Phi) is 4.65. The van der Waals surface area contributed by atoms with Gasteiger partial charge < -0.3 is 10.1 Å². The normalized spacial score (nSPS) is 22.2. The average molecular weight is 312 g/mol. The molecule has 2 unspecified atom stereocenters. The number of ether oxygens (including phenoxy) is 1. The summed E-state index contributed by atoms with van der Waals surface area (Å²) in [5.41, 5.74) is 1.04. The van der Waals surface area contributed by atoms with Crippen molar-refractivity contribution in [1.29, 1.82) is 0 Å². The van der Waals surface area contributed by atoms with Crippen LogP contribution < -0.4 is 10.5 Å². The maximum absolute atomic E-state index is 12.3. The SMILES string of the molecule is COC1CCC(NC(=O)c2cc(S(N)(=O)=O)ccc2C)C1. The first-order valence-corrected chi connectivity index (χ1v) is 8.33. The first-order chi connectivity index (χ1) is 9.81. The molecule has 1 saturated carbocycles. The lowest BCUT2D eigenvalue weighted by molar-refractivity contribution is 0.0914. The molecule has 1 aliphatic rings. The Morgan fingerprint density at radius 2 is 2.10 bits per heavy atom. The molecular formula is C14H20N2O4S. The van der Waals surface area contributed by atoms with Crippen molar-refractivity contribution in [2.75, 3.05) is 7.11 Å². The molecule has 21 heavy (non-hydrogen) atoms. The van der Waals surface area contributed by atoms with Gasteiger partial charge in [-0.15, -0.1) is 0 Å². The van der Waals surface area contributed by atoms with Crippen molar-refractivity contribution in [2.24, 2.45) is 5.14 Å². The maximum Gasteiger partial charge on any atom is 0.251 e. The van der Waals surface area contributed by atoms with Crippen LogP contribution in [0, 0.1) is 6.92 Å². The quantitative estimate of drug-likeness (QED) is 0.864. The van der Waals surface area contributed by atoms with Gasteiger partial charge in [0.1, 0.15) is 0 Å². The first kappa shape index (κ1) is 15.9. The molecule has 0 spiro atoms. The van der Waals surface area contributed by atoms with Crippen LogP contribution in [0.5, 0.6) is 0 Å². The van der Waals surface area contributed by atoms with E-state index in [-0.39, 0.29) is 22.9 Å². The number of nitrogens with two attached hydrogens (primary N) is 1. The molecule has 7 heteroatoms. The topological polar surface area (TPSA) is 98.5 Å². The highest BCUT2D eigenvalue weighted by atomic mass is 32.2. The van der Waals surface area contributed by atoms with Gasteiger partial charge in [-0.05, 0) is 43.9 Å². The second-order valence-corrected chi connectivity index (χ2v) is 6.92. The number of hydrogen-bond donors (Lipinski definition) is 2. The van der Waals surface area contributed by atoms with Gasteiger partial charge in [0.25, 0.3) is 5.91 Å². The average Bonchev–Trinajstić information content (AvgIpc) is 2.85. The Hall–Kier alpha value is -1.44. The lowest BCUT2D eigenvalue weighted by Crippen LogP contribution is -2.34. The zero-order chi connectivity index (χ0) is 15.6. The van der Waals surface area contributed by atoms with Gasteiger partial charge in [0.05, 0.1) is 11.0 Å². The second-order valence-electron chi connectivity index (χ2n) is 5.36. The van der Waals surface area contributed by atoms with E-state index in [0.717, 1.165) is 19.3 Å². The van der Waals surface area contributed by atoms with Gasteiger partial charge in [0, 0.05) is 18.7 Å².